The van der Waals surface area contributed by atoms with Gasteiger partial charge in [-0.1, -0.05) is 61.7 Å². The Labute approximate surface area is 115 Å². The smallest absolute Gasteiger partial charge is 0.0721 e. The SMILES string of the molecule is CSC(C=Cc1ccccc1)NC1CCCCC1. The molecule has 0 heterocycles. The van der Waals surface area contributed by atoms with E-state index in [0.717, 1.165) is 6.04 Å². The van der Waals surface area contributed by atoms with E-state index in [0.29, 0.717) is 5.37 Å². The van der Waals surface area contributed by atoms with Gasteiger partial charge in [-0.15, -0.1) is 11.8 Å². The average molecular weight is 261 g/mol. The van der Waals surface area contributed by atoms with Crippen LogP contribution in [0, 0.1) is 0 Å². The fourth-order valence-electron chi connectivity index (χ4n) is 2.47. The topological polar surface area (TPSA) is 12.0 Å². The first kappa shape index (κ1) is 13.7. The van der Waals surface area contributed by atoms with E-state index in [1.807, 2.05) is 11.8 Å². The van der Waals surface area contributed by atoms with Gasteiger partial charge in [-0.3, -0.25) is 5.32 Å². The second kappa shape index (κ2) is 7.65. The molecule has 0 radical (unpaired) electrons. The Morgan fingerprint density at radius 1 is 1.17 bits per heavy atom. The number of hydrogen-bond acceptors (Lipinski definition) is 2. The maximum atomic E-state index is 3.75. The molecule has 98 valence electrons. The highest BCUT2D eigenvalue weighted by Crippen LogP contribution is 2.20. The molecule has 2 rings (SSSR count). The van der Waals surface area contributed by atoms with Crippen molar-refractivity contribution in [2.45, 2.75) is 43.5 Å². The second-order valence-electron chi connectivity index (χ2n) is 4.93. The Kier molecular flexibility index (Phi) is 5.82. The first-order valence-electron chi connectivity index (χ1n) is 6.90. The molecule has 1 aromatic carbocycles. The van der Waals surface area contributed by atoms with Crippen molar-refractivity contribution >= 4 is 17.8 Å². The molecule has 1 aromatic rings. The zero-order valence-corrected chi connectivity index (χ0v) is 12.0. The van der Waals surface area contributed by atoms with Gasteiger partial charge in [0.2, 0.25) is 0 Å². The number of benzene rings is 1. The second-order valence-corrected chi connectivity index (χ2v) is 5.91. The predicted molar refractivity (Wildman–Crippen MR) is 82.8 cm³/mol. The minimum atomic E-state index is 0.438. The van der Waals surface area contributed by atoms with Crippen molar-refractivity contribution in [1.82, 2.24) is 5.32 Å². The Balaban J connectivity index is 1.86. The molecule has 0 aromatic heterocycles. The van der Waals surface area contributed by atoms with Crippen molar-refractivity contribution in [3.05, 3.63) is 42.0 Å². The molecule has 1 aliphatic rings. The molecule has 0 saturated heterocycles. The van der Waals surface area contributed by atoms with E-state index in [9.17, 15) is 0 Å². The van der Waals surface area contributed by atoms with Gasteiger partial charge < -0.3 is 0 Å². The first-order chi connectivity index (χ1) is 8.88. The zero-order chi connectivity index (χ0) is 12.6. The molecular weight excluding hydrogens is 238 g/mol. The van der Waals surface area contributed by atoms with Crippen molar-refractivity contribution in [3.8, 4) is 0 Å². The van der Waals surface area contributed by atoms with Gasteiger partial charge >= 0.3 is 0 Å². The van der Waals surface area contributed by atoms with E-state index in [1.165, 1.54) is 37.7 Å². The van der Waals surface area contributed by atoms with Crippen LogP contribution in [0.1, 0.15) is 37.7 Å². The highest BCUT2D eigenvalue weighted by atomic mass is 32.2. The van der Waals surface area contributed by atoms with Gasteiger partial charge in [0.25, 0.3) is 0 Å². The largest absolute Gasteiger partial charge is 0.299 e. The van der Waals surface area contributed by atoms with Gasteiger partial charge in [0.05, 0.1) is 5.37 Å². The van der Waals surface area contributed by atoms with Crippen LogP contribution in [0.3, 0.4) is 0 Å². The molecule has 1 N–H and O–H groups in total. The highest BCUT2D eigenvalue weighted by Gasteiger charge is 2.15. The normalized spacial score (nSPS) is 19.2. The monoisotopic (exact) mass is 261 g/mol. The van der Waals surface area contributed by atoms with Crippen molar-refractivity contribution in [2.75, 3.05) is 6.26 Å². The number of rotatable bonds is 5. The van der Waals surface area contributed by atoms with Crippen LogP contribution in [0.4, 0.5) is 0 Å². The molecule has 0 bridgehead atoms. The van der Waals surface area contributed by atoms with Gasteiger partial charge in [0.1, 0.15) is 0 Å². The van der Waals surface area contributed by atoms with Crippen molar-refractivity contribution in [2.24, 2.45) is 0 Å². The fourth-order valence-corrected chi connectivity index (χ4v) is 3.03. The molecule has 0 amide bonds. The van der Waals surface area contributed by atoms with E-state index < -0.39 is 0 Å². The van der Waals surface area contributed by atoms with Gasteiger partial charge in [-0.05, 0) is 24.7 Å². The van der Waals surface area contributed by atoms with E-state index in [1.54, 1.807) is 0 Å². The highest BCUT2D eigenvalue weighted by molar-refractivity contribution is 7.99. The van der Waals surface area contributed by atoms with Crippen LogP contribution in [-0.2, 0) is 0 Å². The van der Waals surface area contributed by atoms with Crippen LogP contribution >= 0.6 is 11.8 Å². The van der Waals surface area contributed by atoms with Crippen LogP contribution in [0.25, 0.3) is 6.08 Å². The summed E-state index contributed by atoms with van der Waals surface area (Å²) in [5, 5.41) is 4.19. The van der Waals surface area contributed by atoms with Crippen molar-refractivity contribution in [1.29, 1.82) is 0 Å². The lowest BCUT2D eigenvalue weighted by molar-refractivity contribution is 0.379. The van der Waals surface area contributed by atoms with E-state index in [2.05, 4.69) is 54.1 Å². The number of thioether (sulfide) groups is 1. The standard InChI is InChI=1S/C16H23NS/c1-18-16(17-15-10-6-3-7-11-15)13-12-14-8-4-2-5-9-14/h2,4-5,8-9,12-13,15-17H,3,6-7,10-11H2,1H3. The Hall–Kier alpha value is -0.730. The van der Waals surface area contributed by atoms with Crippen molar-refractivity contribution < 1.29 is 0 Å². The lowest BCUT2D eigenvalue weighted by atomic mass is 9.95. The molecule has 2 heteroatoms. The van der Waals surface area contributed by atoms with Crippen molar-refractivity contribution in [3.63, 3.8) is 0 Å². The van der Waals surface area contributed by atoms with E-state index in [-0.39, 0.29) is 0 Å². The quantitative estimate of drug-likeness (QED) is 0.793. The summed E-state index contributed by atoms with van der Waals surface area (Å²) in [6, 6.07) is 11.2. The van der Waals surface area contributed by atoms with Crippen LogP contribution in [0.15, 0.2) is 36.4 Å². The molecule has 18 heavy (non-hydrogen) atoms. The lowest BCUT2D eigenvalue weighted by Crippen LogP contribution is -2.36. The third-order valence-corrected chi connectivity index (χ3v) is 4.32. The van der Waals surface area contributed by atoms with Crippen LogP contribution < -0.4 is 5.32 Å². The summed E-state index contributed by atoms with van der Waals surface area (Å²) in [6.45, 7) is 0. The summed E-state index contributed by atoms with van der Waals surface area (Å²) in [5.74, 6) is 0. The first-order valence-corrected chi connectivity index (χ1v) is 8.19. The van der Waals surface area contributed by atoms with Gasteiger partial charge in [-0.25, -0.2) is 0 Å². The summed E-state index contributed by atoms with van der Waals surface area (Å²) >= 11 is 1.88. The van der Waals surface area contributed by atoms with Gasteiger partial charge in [-0.2, -0.15) is 0 Å². The molecule has 1 aliphatic carbocycles. The molecular formula is C16H23NS. The minimum absolute atomic E-state index is 0.438. The Morgan fingerprint density at radius 3 is 2.56 bits per heavy atom. The van der Waals surface area contributed by atoms with Crippen LogP contribution in [-0.4, -0.2) is 17.7 Å². The van der Waals surface area contributed by atoms with Gasteiger partial charge in [0.15, 0.2) is 0 Å². The maximum absolute atomic E-state index is 3.75. The summed E-state index contributed by atoms with van der Waals surface area (Å²) in [4.78, 5) is 0. The predicted octanol–water partition coefficient (Wildman–Crippen LogP) is 4.31. The molecule has 1 nitrogen and oxygen atoms in total. The average Bonchev–Trinajstić information content (AvgIpc) is 2.45. The number of hydrogen-bond donors (Lipinski definition) is 1. The molecule has 1 fully saturated rings. The molecule has 1 unspecified atom stereocenters. The van der Waals surface area contributed by atoms with Crippen LogP contribution in [0.2, 0.25) is 0 Å². The van der Waals surface area contributed by atoms with E-state index >= 15 is 0 Å². The number of nitrogens with one attached hydrogen (secondary N) is 1. The minimum Gasteiger partial charge on any atom is -0.299 e. The Morgan fingerprint density at radius 2 is 1.89 bits per heavy atom. The fraction of sp³-hybridized carbons (Fsp3) is 0.500. The third kappa shape index (κ3) is 4.51. The molecule has 0 spiro atoms. The summed E-state index contributed by atoms with van der Waals surface area (Å²) in [7, 11) is 0. The molecule has 1 atom stereocenters. The zero-order valence-electron chi connectivity index (χ0n) is 11.1. The van der Waals surface area contributed by atoms with Crippen LogP contribution in [0.5, 0.6) is 0 Å². The summed E-state index contributed by atoms with van der Waals surface area (Å²) < 4.78 is 0. The van der Waals surface area contributed by atoms with E-state index in [4.69, 9.17) is 0 Å². The maximum Gasteiger partial charge on any atom is 0.0721 e. The summed E-state index contributed by atoms with van der Waals surface area (Å²) in [6.07, 6.45) is 13.6. The van der Waals surface area contributed by atoms with Gasteiger partial charge in [0, 0.05) is 6.04 Å². The lowest BCUT2D eigenvalue weighted by Gasteiger charge is -2.26. The molecule has 0 aliphatic heterocycles. The molecule has 1 saturated carbocycles. The summed E-state index contributed by atoms with van der Waals surface area (Å²) in [5.41, 5.74) is 1.28. The Bertz CT molecular complexity index is 355. The third-order valence-electron chi connectivity index (χ3n) is 3.52.